The van der Waals surface area contributed by atoms with Crippen molar-refractivity contribution in [1.82, 2.24) is 25.1 Å². The number of anilines is 1. The molecule has 0 aromatic carbocycles. The molecule has 0 radical (unpaired) electrons. The summed E-state index contributed by atoms with van der Waals surface area (Å²) >= 11 is 0. The van der Waals surface area contributed by atoms with Crippen LogP contribution in [0.15, 0.2) is 30.9 Å². The average Bonchev–Trinajstić information content (AvgIpc) is 3.21. The van der Waals surface area contributed by atoms with Crippen LogP contribution in [0.3, 0.4) is 0 Å². The van der Waals surface area contributed by atoms with Gasteiger partial charge in [0.25, 0.3) is 0 Å². The van der Waals surface area contributed by atoms with Crippen molar-refractivity contribution in [2.45, 2.75) is 44.8 Å². The second-order valence-corrected chi connectivity index (χ2v) is 6.54. The summed E-state index contributed by atoms with van der Waals surface area (Å²) in [5.74, 6) is 1.57. The third-order valence-corrected chi connectivity index (χ3v) is 4.74. The van der Waals surface area contributed by atoms with Crippen molar-refractivity contribution in [2.75, 3.05) is 19.0 Å². The fourth-order valence-corrected chi connectivity index (χ4v) is 3.33. The molecule has 0 bridgehead atoms. The summed E-state index contributed by atoms with van der Waals surface area (Å²) in [4.78, 5) is 20.8. The first kappa shape index (κ1) is 18.3. The van der Waals surface area contributed by atoms with Crippen LogP contribution in [0.25, 0.3) is 5.82 Å². The van der Waals surface area contributed by atoms with E-state index in [1.165, 1.54) is 6.33 Å². The van der Waals surface area contributed by atoms with Crippen LogP contribution in [0, 0.1) is 5.92 Å². The van der Waals surface area contributed by atoms with Gasteiger partial charge in [-0.15, -0.1) is 0 Å². The van der Waals surface area contributed by atoms with Crippen LogP contribution in [-0.2, 0) is 9.53 Å². The summed E-state index contributed by atoms with van der Waals surface area (Å²) in [5, 5.41) is 10.6. The van der Waals surface area contributed by atoms with E-state index in [2.05, 4.69) is 32.6 Å². The molecule has 2 N–H and O–H groups in total. The Morgan fingerprint density at radius 3 is 3.00 bits per heavy atom. The Hall–Kier alpha value is -2.48. The molecule has 3 rings (SSSR count). The van der Waals surface area contributed by atoms with Crippen LogP contribution in [0.4, 0.5) is 5.82 Å². The zero-order valence-corrected chi connectivity index (χ0v) is 15.3. The lowest BCUT2D eigenvalue weighted by Gasteiger charge is -2.35. The molecule has 1 amide bonds. The van der Waals surface area contributed by atoms with Crippen LogP contribution in [0.5, 0.6) is 0 Å². The number of nitrogens with zero attached hydrogens (tertiary/aromatic N) is 4. The van der Waals surface area contributed by atoms with Gasteiger partial charge in [0.15, 0.2) is 5.82 Å². The number of aromatic nitrogens is 4. The molecule has 8 nitrogen and oxygen atoms in total. The summed E-state index contributed by atoms with van der Waals surface area (Å²) in [6.45, 7) is 2.78. The van der Waals surface area contributed by atoms with Crippen LogP contribution in [0.1, 0.15) is 32.6 Å². The van der Waals surface area contributed by atoms with Gasteiger partial charge >= 0.3 is 0 Å². The van der Waals surface area contributed by atoms with E-state index in [0.29, 0.717) is 12.2 Å². The van der Waals surface area contributed by atoms with Gasteiger partial charge in [-0.2, -0.15) is 5.10 Å². The number of carbonyl (C=O) groups is 1. The van der Waals surface area contributed by atoms with Crippen LogP contribution in [0.2, 0.25) is 0 Å². The van der Waals surface area contributed by atoms with Gasteiger partial charge in [-0.05, 0) is 31.7 Å². The zero-order chi connectivity index (χ0) is 18.4. The lowest BCUT2D eigenvalue weighted by Crippen LogP contribution is -2.45. The minimum absolute atomic E-state index is 0.00887. The van der Waals surface area contributed by atoms with Gasteiger partial charge in [-0.25, -0.2) is 14.6 Å². The molecule has 1 aliphatic rings. The molecule has 0 saturated heterocycles. The summed E-state index contributed by atoms with van der Waals surface area (Å²) in [6, 6.07) is 3.82. The number of carbonyl (C=O) groups excluding carboxylic acids is 1. The summed E-state index contributed by atoms with van der Waals surface area (Å²) < 4.78 is 7.35. The van der Waals surface area contributed by atoms with Gasteiger partial charge in [-0.3, -0.25) is 4.79 Å². The molecule has 26 heavy (non-hydrogen) atoms. The number of hydrogen-bond acceptors (Lipinski definition) is 6. The number of methoxy groups -OCH3 is 1. The Kier molecular flexibility index (Phi) is 6.17. The maximum atomic E-state index is 12.2. The van der Waals surface area contributed by atoms with E-state index in [-0.39, 0.29) is 24.0 Å². The number of hydrogen-bond donors (Lipinski definition) is 2. The molecule has 0 spiro atoms. The first-order chi connectivity index (χ1) is 12.7. The Morgan fingerprint density at radius 1 is 1.38 bits per heavy atom. The molecule has 1 fully saturated rings. The van der Waals surface area contributed by atoms with Gasteiger partial charge in [0.1, 0.15) is 12.1 Å². The highest BCUT2D eigenvalue weighted by atomic mass is 16.5. The predicted octanol–water partition coefficient (Wildman–Crippen LogP) is 1.78. The summed E-state index contributed by atoms with van der Waals surface area (Å²) in [6.07, 6.45) is 8.37. The van der Waals surface area contributed by atoms with Gasteiger partial charge in [0.2, 0.25) is 5.91 Å². The van der Waals surface area contributed by atoms with Crippen LogP contribution < -0.4 is 10.6 Å². The van der Waals surface area contributed by atoms with Crippen molar-refractivity contribution >= 4 is 11.7 Å². The standard InChI is InChI=1S/C18H26N6O2/c1-3-7-19-18(25)13-5-6-14(15(10-13)26-2)23-16-11-17(21-12-20-16)24-9-4-8-22-24/h4,8-9,11-15H,3,5-7,10H2,1-2H3,(H,19,25)(H,20,21,23)/t13-,14+,15+/m0/s1. The highest BCUT2D eigenvalue weighted by molar-refractivity contribution is 5.78. The minimum atomic E-state index is -0.0377. The van der Waals surface area contributed by atoms with E-state index < -0.39 is 0 Å². The molecule has 0 unspecified atom stereocenters. The molecule has 8 heteroatoms. The van der Waals surface area contributed by atoms with Crippen molar-refractivity contribution in [2.24, 2.45) is 5.92 Å². The van der Waals surface area contributed by atoms with E-state index in [1.54, 1.807) is 18.0 Å². The SMILES string of the molecule is CCCNC(=O)[C@H]1CC[C@@H](Nc2cc(-n3cccn3)ncn2)[C@H](OC)C1. The average molecular weight is 358 g/mol. The van der Waals surface area contributed by atoms with E-state index >= 15 is 0 Å². The van der Waals surface area contributed by atoms with Gasteiger partial charge in [0.05, 0.1) is 12.1 Å². The summed E-state index contributed by atoms with van der Waals surface area (Å²) in [7, 11) is 1.70. The highest BCUT2D eigenvalue weighted by Crippen LogP contribution is 2.28. The van der Waals surface area contributed by atoms with Crippen molar-refractivity contribution < 1.29 is 9.53 Å². The minimum Gasteiger partial charge on any atom is -0.379 e. The highest BCUT2D eigenvalue weighted by Gasteiger charge is 2.34. The van der Waals surface area contributed by atoms with Crippen molar-refractivity contribution in [3.63, 3.8) is 0 Å². The topological polar surface area (TPSA) is 94.0 Å². The molecule has 0 aliphatic heterocycles. The molecule has 1 saturated carbocycles. The molecular weight excluding hydrogens is 332 g/mol. The normalized spacial score (nSPS) is 22.8. The lowest BCUT2D eigenvalue weighted by molar-refractivity contribution is -0.127. The van der Waals surface area contributed by atoms with Gasteiger partial charge in [0, 0.05) is 38.0 Å². The zero-order valence-electron chi connectivity index (χ0n) is 15.3. The second-order valence-electron chi connectivity index (χ2n) is 6.54. The quantitative estimate of drug-likeness (QED) is 0.784. The number of amides is 1. The maximum Gasteiger partial charge on any atom is 0.223 e. The molecule has 1 aliphatic carbocycles. The van der Waals surface area contributed by atoms with E-state index in [9.17, 15) is 4.79 Å². The Bertz CT molecular complexity index is 705. The largest absolute Gasteiger partial charge is 0.379 e. The number of rotatable bonds is 7. The van der Waals surface area contributed by atoms with E-state index in [0.717, 1.165) is 31.6 Å². The fourth-order valence-electron chi connectivity index (χ4n) is 3.33. The fraction of sp³-hybridized carbons (Fsp3) is 0.556. The van der Waals surface area contributed by atoms with E-state index in [4.69, 9.17) is 4.74 Å². The third-order valence-electron chi connectivity index (χ3n) is 4.74. The Labute approximate surface area is 153 Å². The molecule has 2 heterocycles. The predicted molar refractivity (Wildman–Crippen MR) is 98.0 cm³/mol. The monoisotopic (exact) mass is 358 g/mol. The maximum absolute atomic E-state index is 12.2. The lowest BCUT2D eigenvalue weighted by atomic mass is 9.83. The molecular formula is C18H26N6O2. The molecule has 2 aromatic rings. The van der Waals surface area contributed by atoms with Crippen LogP contribution in [-0.4, -0.2) is 51.5 Å². The first-order valence-corrected chi connectivity index (χ1v) is 9.10. The third kappa shape index (κ3) is 4.37. The van der Waals surface area contributed by atoms with Crippen molar-refractivity contribution in [3.05, 3.63) is 30.9 Å². The number of nitrogens with one attached hydrogen (secondary N) is 2. The van der Waals surface area contributed by atoms with Crippen molar-refractivity contribution in [3.8, 4) is 5.82 Å². The number of ether oxygens (including phenoxy) is 1. The van der Waals surface area contributed by atoms with Crippen LogP contribution >= 0.6 is 0 Å². The van der Waals surface area contributed by atoms with Gasteiger partial charge in [-0.1, -0.05) is 6.92 Å². The Morgan fingerprint density at radius 2 is 2.27 bits per heavy atom. The smallest absolute Gasteiger partial charge is 0.223 e. The molecule has 2 aromatic heterocycles. The molecule has 140 valence electrons. The van der Waals surface area contributed by atoms with Gasteiger partial charge < -0.3 is 15.4 Å². The second kappa shape index (κ2) is 8.75. The van der Waals surface area contributed by atoms with E-state index in [1.807, 2.05) is 18.3 Å². The molecule has 3 atom stereocenters. The summed E-state index contributed by atoms with van der Waals surface area (Å²) in [5.41, 5.74) is 0. The van der Waals surface area contributed by atoms with Crippen molar-refractivity contribution in [1.29, 1.82) is 0 Å². The first-order valence-electron chi connectivity index (χ1n) is 9.10. The Balaban J connectivity index is 1.63.